The largest absolute Gasteiger partial charge is 0.504 e. The number of aryl methyl sites for hydroxylation is 1. The third kappa shape index (κ3) is 4.97. The first-order valence-electron chi connectivity index (χ1n) is 11.6. The van der Waals surface area contributed by atoms with Gasteiger partial charge >= 0.3 is 5.97 Å². The molecule has 0 aliphatic carbocycles. The summed E-state index contributed by atoms with van der Waals surface area (Å²) in [6, 6.07) is 21.1. The van der Waals surface area contributed by atoms with Crippen LogP contribution in [-0.4, -0.2) is 30.5 Å². The van der Waals surface area contributed by atoms with Gasteiger partial charge in [0.1, 0.15) is 6.17 Å². The Bertz CT molecular complexity index is 1170. The number of carbonyl (C=O) groups is 1. The van der Waals surface area contributed by atoms with E-state index < -0.39 is 0 Å². The van der Waals surface area contributed by atoms with Crippen LogP contribution in [0.4, 0.5) is 0 Å². The number of ether oxygens (including phenoxy) is 2. The van der Waals surface area contributed by atoms with Gasteiger partial charge in [-0.3, -0.25) is 10.3 Å². The number of hydrogen-bond donors (Lipinski definition) is 2. The summed E-state index contributed by atoms with van der Waals surface area (Å²) in [7, 11) is 1.37. The highest BCUT2D eigenvalue weighted by Gasteiger charge is 2.28. The molecule has 6 nitrogen and oxygen atoms in total. The van der Waals surface area contributed by atoms with Crippen LogP contribution >= 0.6 is 0 Å². The number of benzene rings is 3. The number of aromatic hydroxyl groups is 1. The van der Waals surface area contributed by atoms with Gasteiger partial charge < -0.3 is 14.6 Å². The molecule has 3 aromatic rings. The minimum Gasteiger partial charge on any atom is -0.504 e. The van der Waals surface area contributed by atoms with Crippen molar-refractivity contribution in [2.24, 2.45) is 4.99 Å². The Morgan fingerprint density at radius 3 is 2.44 bits per heavy atom. The highest BCUT2D eigenvalue weighted by atomic mass is 16.5. The van der Waals surface area contributed by atoms with Crippen molar-refractivity contribution in [3.8, 4) is 11.5 Å². The zero-order valence-corrected chi connectivity index (χ0v) is 19.7. The number of rotatable bonds is 7. The molecule has 0 fully saturated rings. The average molecular weight is 459 g/mol. The minimum atomic E-state index is -0.376. The third-order valence-electron chi connectivity index (χ3n) is 6.09. The van der Waals surface area contributed by atoms with Gasteiger partial charge in [0.2, 0.25) is 0 Å². The molecule has 0 spiro atoms. The van der Waals surface area contributed by atoms with Crippen LogP contribution < -0.4 is 10.1 Å². The normalized spacial score (nSPS) is 17.7. The highest BCUT2D eigenvalue weighted by Crippen LogP contribution is 2.39. The molecule has 0 saturated carbocycles. The summed E-state index contributed by atoms with van der Waals surface area (Å²) in [5.74, 6) is 0.236. The summed E-state index contributed by atoms with van der Waals surface area (Å²) < 4.78 is 10.4. The molecule has 0 unspecified atom stereocenters. The van der Waals surface area contributed by atoms with Crippen LogP contribution in [0, 0.1) is 0 Å². The summed E-state index contributed by atoms with van der Waals surface area (Å²) >= 11 is 0. The van der Waals surface area contributed by atoms with Crippen molar-refractivity contribution in [1.82, 2.24) is 5.32 Å². The standard InChI is InChI=1S/C28H30N2O4/c1-4-18-9-11-19(12-10-18)23-17-24(22-7-6-8-25(26(22)31)34-5-2)30-27(29-23)20-13-15-21(16-14-20)28(32)33-3/h6-16,24,27,30-31H,4-5,17H2,1-3H3/t24-,27-/m0/s1. The van der Waals surface area contributed by atoms with E-state index in [1.165, 1.54) is 12.7 Å². The predicted octanol–water partition coefficient (Wildman–Crippen LogP) is 5.36. The molecule has 0 aromatic heterocycles. The zero-order chi connectivity index (χ0) is 24.1. The molecule has 0 bridgehead atoms. The van der Waals surface area contributed by atoms with E-state index in [2.05, 4.69) is 36.5 Å². The number of aliphatic imine (C=N–C) groups is 1. The molecule has 1 heterocycles. The molecule has 0 amide bonds. The highest BCUT2D eigenvalue weighted by molar-refractivity contribution is 6.01. The fourth-order valence-electron chi connectivity index (χ4n) is 4.20. The van der Waals surface area contributed by atoms with Gasteiger partial charge in [0.15, 0.2) is 11.5 Å². The van der Waals surface area contributed by atoms with Gasteiger partial charge in [0.05, 0.1) is 19.3 Å². The van der Waals surface area contributed by atoms with Crippen LogP contribution in [0.3, 0.4) is 0 Å². The van der Waals surface area contributed by atoms with Crippen LogP contribution in [-0.2, 0) is 11.2 Å². The van der Waals surface area contributed by atoms with Gasteiger partial charge in [0, 0.05) is 23.7 Å². The topological polar surface area (TPSA) is 80.2 Å². The molecular weight excluding hydrogens is 428 g/mol. The van der Waals surface area contributed by atoms with Crippen LogP contribution in [0.2, 0.25) is 0 Å². The fourth-order valence-corrected chi connectivity index (χ4v) is 4.20. The molecule has 34 heavy (non-hydrogen) atoms. The Balaban J connectivity index is 1.72. The molecule has 3 aromatic carbocycles. The number of hydrogen-bond acceptors (Lipinski definition) is 6. The Labute approximate surface area is 200 Å². The smallest absolute Gasteiger partial charge is 0.337 e. The second kappa shape index (κ2) is 10.5. The molecule has 2 N–H and O–H groups in total. The number of nitrogens with one attached hydrogen (secondary N) is 1. The van der Waals surface area contributed by atoms with Crippen LogP contribution in [0.15, 0.2) is 71.7 Å². The quantitative estimate of drug-likeness (QED) is 0.466. The number of esters is 1. The number of nitrogens with zero attached hydrogens (tertiary/aromatic N) is 1. The Hall–Kier alpha value is -3.64. The van der Waals surface area contributed by atoms with Crippen molar-refractivity contribution in [3.63, 3.8) is 0 Å². The Morgan fingerprint density at radius 2 is 1.79 bits per heavy atom. The van der Waals surface area contributed by atoms with Gasteiger partial charge in [-0.2, -0.15) is 0 Å². The van der Waals surface area contributed by atoms with Crippen molar-refractivity contribution in [2.75, 3.05) is 13.7 Å². The maximum atomic E-state index is 11.8. The molecule has 0 saturated heterocycles. The summed E-state index contributed by atoms with van der Waals surface area (Å²) in [5.41, 5.74) is 5.45. The lowest BCUT2D eigenvalue weighted by atomic mass is 9.92. The summed E-state index contributed by atoms with van der Waals surface area (Å²) in [6.45, 7) is 4.50. The molecule has 4 rings (SSSR count). The third-order valence-corrected chi connectivity index (χ3v) is 6.09. The second-order valence-corrected chi connectivity index (χ2v) is 8.19. The molecular formula is C28H30N2O4. The minimum absolute atomic E-state index is 0.143. The van der Waals surface area contributed by atoms with E-state index in [9.17, 15) is 9.90 Å². The van der Waals surface area contributed by atoms with E-state index in [0.717, 1.165) is 28.8 Å². The molecule has 0 radical (unpaired) electrons. The van der Waals surface area contributed by atoms with Crippen LogP contribution in [0.5, 0.6) is 11.5 Å². The van der Waals surface area contributed by atoms with Crippen molar-refractivity contribution in [1.29, 1.82) is 0 Å². The predicted molar refractivity (Wildman–Crippen MR) is 133 cm³/mol. The maximum Gasteiger partial charge on any atom is 0.337 e. The van der Waals surface area contributed by atoms with Crippen molar-refractivity contribution < 1.29 is 19.4 Å². The van der Waals surface area contributed by atoms with Crippen molar-refractivity contribution >= 4 is 11.7 Å². The monoisotopic (exact) mass is 458 g/mol. The van der Waals surface area contributed by atoms with Gasteiger partial charge in [0.25, 0.3) is 0 Å². The average Bonchev–Trinajstić information content (AvgIpc) is 2.89. The van der Waals surface area contributed by atoms with Gasteiger partial charge in [-0.1, -0.05) is 55.5 Å². The molecule has 176 valence electrons. The van der Waals surface area contributed by atoms with Gasteiger partial charge in [-0.05, 0) is 48.2 Å². The molecule has 2 atom stereocenters. The van der Waals surface area contributed by atoms with Gasteiger partial charge in [-0.25, -0.2) is 4.79 Å². The first kappa shape index (κ1) is 23.5. The van der Waals surface area contributed by atoms with E-state index in [1.54, 1.807) is 18.2 Å². The molecule has 6 heteroatoms. The first-order valence-corrected chi connectivity index (χ1v) is 11.6. The number of phenolic OH excluding ortho intramolecular Hbond substituents is 1. The van der Waals surface area contributed by atoms with E-state index in [4.69, 9.17) is 14.5 Å². The summed E-state index contributed by atoms with van der Waals surface area (Å²) in [4.78, 5) is 16.9. The number of para-hydroxylation sites is 1. The lowest BCUT2D eigenvalue weighted by Crippen LogP contribution is -2.33. The number of phenols is 1. The number of carbonyl (C=O) groups excluding carboxylic acids is 1. The van der Waals surface area contributed by atoms with E-state index in [1.807, 2.05) is 31.2 Å². The van der Waals surface area contributed by atoms with Crippen LogP contribution in [0.1, 0.15) is 65.1 Å². The maximum absolute atomic E-state index is 11.8. The second-order valence-electron chi connectivity index (χ2n) is 8.19. The van der Waals surface area contributed by atoms with E-state index in [-0.39, 0.29) is 23.9 Å². The molecule has 1 aliphatic rings. The lowest BCUT2D eigenvalue weighted by Gasteiger charge is -2.31. The molecule has 1 aliphatic heterocycles. The Morgan fingerprint density at radius 1 is 1.06 bits per heavy atom. The van der Waals surface area contributed by atoms with Crippen molar-refractivity contribution in [2.45, 2.75) is 38.9 Å². The fraction of sp³-hybridized carbons (Fsp3) is 0.286. The zero-order valence-electron chi connectivity index (χ0n) is 19.7. The first-order chi connectivity index (χ1) is 16.5. The van der Waals surface area contributed by atoms with Crippen molar-refractivity contribution in [3.05, 3.63) is 94.5 Å². The van der Waals surface area contributed by atoms with E-state index >= 15 is 0 Å². The summed E-state index contributed by atoms with van der Waals surface area (Å²) in [6.07, 6.45) is 1.25. The van der Waals surface area contributed by atoms with Gasteiger partial charge in [-0.15, -0.1) is 0 Å². The Kier molecular flexibility index (Phi) is 7.28. The van der Waals surface area contributed by atoms with Crippen LogP contribution in [0.25, 0.3) is 0 Å². The number of methoxy groups -OCH3 is 1. The SMILES string of the molecule is CCOc1cccc([C@@H]2CC(c3ccc(CC)cc3)=N[C@H](c3ccc(C(=O)OC)cc3)N2)c1O. The summed E-state index contributed by atoms with van der Waals surface area (Å²) in [5, 5.41) is 14.5. The van der Waals surface area contributed by atoms with E-state index in [0.29, 0.717) is 24.3 Å². The lowest BCUT2D eigenvalue weighted by molar-refractivity contribution is 0.0600.